The molecule has 0 aromatic heterocycles. The molecule has 2 amide bonds. The van der Waals surface area contributed by atoms with Gasteiger partial charge in [0.1, 0.15) is 6.61 Å². The van der Waals surface area contributed by atoms with E-state index >= 15 is 0 Å². The molecule has 0 rings (SSSR count). The minimum absolute atomic E-state index is 0.131. The van der Waals surface area contributed by atoms with Gasteiger partial charge >= 0.3 is 0 Å². The summed E-state index contributed by atoms with van der Waals surface area (Å²) in [6.45, 7) is 0.456. The lowest BCUT2D eigenvalue weighted by Crippen LogP contribution is -2.42. The largest absolute Gasteiger partial charge is 0.370 e. The average Bonchev–Trinajstić information content (AvgIpc) is 2.24. The second-order valence-corrected chi connectivity index (χ2v) is 4.18. The summed E-state index contributed by atoms with van der Waals surface area (Å²) in [5, 5.41) is 2.61. The first-order valence-corrected chi connectivity index (χ1v) is 6.35. The SMILES string of the molecule is CSCC[C@@H](N)C(=O)NCCOCC(N)=O. The first kappa shape index (κ1) is 15.2. The molecule has 0 aromatic carbocycles. The number of rotatable bonds is 9. The maximum absolute atomic E-state index is 11.4. The van der Waals surface area contributed by atoms with Gasteiger partial charge < -0.3 is 21.5 Å². The van der Waals surface area contributed by atoms with Crippen LogP contribution in [0.4, 0.5) is 0 Å². The van der Waals surface area contributed by atoms with Gasteiger partial charge in [-0.3, -0.25) is 9.59 Å². The van der Waals surface area contributed by atoms with Crippen molar-refractivity contribution in [3.05, 3.63) is 0 Å². The molecule has 0 saturated heterocycles. The van der Waals surface area contributed by atoms with Crippen molar-refractivity contribution in [3.63, 3.8) is 0 Å². The number of primary amides is 1. The summed E-state index contributed by atoms with van der Waals surface area (Å²) >= 11 is 1.65. The predicted molar refractivity (Wildman–Crippen MR) is 64.0 cm³/mol. The molecule has 0 bridgehead atoms. The maximum Gasteiger partial charge on any atom is 0.243 e. The zero-order valence-electron chi connectivity index (χ0n) is 9.40. The summed E-state index contributed by atoms with van der Waals surface area (Å²) in [5.74, 6) is 0.131. The van der Waals surface area contributed by atoms with Crippen molar-refractivity contribution in [3.8, 4) is 0 Å². The van der Waals surface area contributed by atoms with Gasteiger partial charge in [-0.15, -0.1) is 0 Å². The Labute approximate surface area is 99.4 Å². The molecular weight excluding hydrogens is 230 g/mol. The number of hydrogen-bond acceptors (Lipinski definition) is 5. The van der Waals surface area contributed by atoms with Gasteiger partial charge in [-0.2, -0.15) is 11.8 Å². The number of hydrogen-bond donors (Lipinski definition) is 3. The van der Waals surface area contributed by atoms with Crippen LogP contribution in [0.1, 0.15) is 6.42 Å². The van der Waals surface area contributed by atoms with E-state index in [1.807, 2.05) is 6.26 Å². The summed E-state index contributed by atoms with van der Waals surface area (Å²) in [7, 11) is 0. The van der Waals surface area contributed by atoms with Crippen LogP contribution in [-0.2, 0) is 14.3 Å². The van der Waals surface area contributed by atoms with Crippen molar-refractivity contribution in [2.45, 2.75) is 12.5 Å². The Morgan fingerprint density at radius 3 is 2.75 bits per heavy atom. The lowest BCUT2D eigenvalue weighted by atomic mass is 10.2. The number of nitrogens with two attached hydrogens (primary N) is 2. The van der Waals surface area contributed by atoms with Crippen molar-refractivity contribution in [2.24, 2.45) is 11.5 Å². The molecule has 0 aliphatic carbocycles. The van der Waals surface area contributed by atoms with Crippen molar-refractivity contribution >= 4 is 23.6 Å². The zero-order chi connectivity index (χ0) is 12.4. The minimum Gasteiger partial charge on any atom is -0.370 e. The van der Waals surface area contributed by atoms with E-state index in [0.717, 1.165) is 5.75 Å². The first-order valence-electron chi connectivity index (χ1n) is 4.96. The highest BCUT2D eigenvalue weighted by atomic mass is 32.2. The first-order chi connectivity index (χ1) is 7.57. The molecule has 0 saturated carbocycles. The van der Waals surface area contributed by atoms with E-state index in [1.165, 1.54) is 0 Å². The molecule has 6 nitrogen and oxygen atoms in total. The van der Waals surface area contributed by atoms with Crippen molar-refractivity contribution < 1.29 is 14.3 Å². The van der Waals surface area contributed by atoms with E-state index in [2.05, 4.69) is 5.32 Å². The summed E-state index contributed by atoms with van der Waals surface area (Å²) in [6.07, 6.45) is 2.61. The molecule has 1 atom stereocenters. The highest BCUT2D eigenvalue weighted by Crippen LogP contribution is 1.98. The Bertz CT molecular complexity index is 226. The van der Waals surface area contributed by atoms with E-state index in [1.54, 1.807) is 11.8 Å². The van der Waals surface area contributed by atoms with Gasteiger partial charge in [0.25, 0.3) is 0 Å². The third-order valence-corrected chi connectivity index (χ3v) is 2.40. The highest BCUT2D eigenvalue weighted by Gasteiger charge is 2.11. The third kappa shape index (κ3) is 8.51. The molecule has 0 aliphatic rings. The van der Waals surface area contributed by atoms with Crippen LogP contribution in [0.2, 0.25) is 0 Å². The Morgan fingerprint density at radius 2 is 2.19 bits per heavy atom. The molecule has 94 valence electrons. The fourth-order valence-electron chi connectivity index (χ4n) is 0.926. The third-order valence-electron chi connectivity index (χ3n) is 1.76. The van der Waals surface area contributed by atoms with Gasteiger partial charge in [0, 0.05) is 6.54 Å². The van der Waals surface area contributed by atoms with Crippen LogP contribution in [0.15, 0.2) is 0 Å². The van der Waals surface area contributed by atoms with Crippen LogP contribution >= 0.6 is 11.8 Å². The van der Waals surface area contributed by atoms with E-state index in [0.29, 0.717) is 13.0 Å². The van der Waals surface area contributed by atoms with Gasteiger partial charge in [-0.05, 0) is 18.4 Å². The molecule has 0 heterocycles. The molecule has 0 spiro atoms. The lowest BCUT2D eigenvalue weighted by Gasteiger charge is -2.11. The summed E-state index contributed by atoms with van der Waals surface area (Å²) in [4.78, 5) is 21.7. The summed E-state index contributed by atoms with van der Waals surface area (Å²) in [6, 6.07) is -0.483. The van der Waals surface area contributed by atoms with Crippen LogP contribution in [0.5, 0.6) is 0 Å². The number of carbonyl (C=O) groups is 2. The van der Waals surface area contributed by atoms with Crippen LogP contribution < -0.4 is 16.8 Å². The van der Waals surface area contributed by atoms with E-state index in [4.69, 9.17) is 16.2 Å². The minimum atomic E-state index is -0.525. The standard InChI is InChI=1S/C9H19N3O3S/c1-16-5-2-7(10)9(14)12-3-4-15-6-8(11)13/h7H,2-6,10H2,1H3,(H2,11,13)(H,12,14)/t7-/m1/s1. The molecule has 0 fully saturated rings. The number of carbonyl (C=O) groups excluding carboxylic acids is 2. The molecule has 0 aromatic rings. The number of ether oxygens (including phenoxy) is 1. The number of thioether (sulfide) groups is 1. The van der Waals surface area contributed by atoms with E-state index < -0.39 is 11.9 Å². The quantitative estimate of drug-likeness (QED) is 0.440. The monoisotopic (exact) mass is 249 g/mol. The van der Waals surface area contributed by atoms with Gasteiger partial charge in [0.05, 0.1) is 12.6 Å². The van der Waals surface area contributed by atoms with Crippen molar-refractivity contribution in [2.75, 3.05) is 31.8 Å². The highest BCUT2D eigenvalue weighted by molar-refractivity contribution is 7.98. The zero-order valence-corrected chi connectivity index (χ0v) is 10.2. The molecule has 16 heavy (non-hydrogen) atoms. The predicted octanol–water partition coefficient (Wildman–Crippen LogP) is -1.32. The summed E-state index contributed by atoms with van der Waals surface area (Å²) in [5.41, 5.74) is 10.5. The Morgan fingerprint density at radius 1 is 1.50 bits per heavy atom. The van der Waals surface area contributed by atoms with Crippen LogP contribution in [0.3, 0.4) is 0 Å². The van der Waals surface area contributed by atoms with Crippen LogP contribution in [-0.4, -0.2) is 49.6 Å². The van der Waals surface area contributed by atoms with Gasteiger partial charge in [-0.25, -0.2) is 0 Å². The molecule has 5 N–H and O–H groups in total. The molecular formula is C9H19N3O3S. The second-order valence-electron chi connectivity index (χ2n) is 3.20. The van der Waals surface area contributed by atoms with E-state index in [-0.39, 0.29) is 19.1 Å². The summed E-state index contributed by atoms with van der Waals surface area (Å²) < 4.78 is 4.87. The molecule has 7 heteroatoms. The van der Waals surface area contributed by atoms with Crippen molar-refractivity contribution in [1.82, 2.24) is 5.32 Å². The lowest BCUT2D eigenvalue weighted by molar-refractivity contribution is -0.123. The Kier molecular flexibility index (Phi) is 8.97. The van der Waals surface area contributed by atoms with E-state index in [9.17, 15) is 9.59 Å². The average molecular weight is 249 g/mol. The Balaban J connectivity index is 3.45. The van der Waals surface area contributed by atoms with Gasteiger partial charge in [-0.1, -0.05) is 0 Å². The Hall–Kier alpha value is -0.790. The molecule has 0 unspecified atom stereocenters. The fourth-order valence-corrected chi connectivity index (χ4v) is 1.42. The smallest absolute Gasteiger partial charge is 0.243 e. The second kappa shape index (κ2) is 9.44. The normalized spacial score (nSPS) is 12.1. The maximum atomic E-state index is 11.4. The van der Waals surface area contributed by atoms with Gasteiger partial charge in [0.2, 0.25) is 11.8 Å². The molecule has 0 radical (unpaired) electrons. The topological polar surface area (TPSA) is 107 Å². The number of amides is 2. The fraction of sp³-hybridized carbons (Fsp3) is 0.778. The number of nitrogens with one attached hydrogen (secondary N) is 1. The van der Waals surface area contributed by atoms with Crippen LogP contribution in [0, 0.1) is 0 Å². The van der Waals surface area contributed by atoms with Gasteiger partial charge in [0.15, 0.2) is 0 Å². The van der Waals surface area contributed by atoms with Crippen LogP contribution in [0.25, 0.3) is 0 Å². The van der Waals surface area contributed by atoms with Crippen molar-refractivity contribution in [1.29, 1.82) is 0 Å². The molecule has 0 aliphatic heterocycles.